The molecule has 2 atom stereocenters. The first kappa shape index (κ1) is 12.8. The second-order valence-corrected chi connectivity index (χ2v) is 7.53. The molecule has 0 saturated heterocycles. The highest BCUT2D eigenvalue weighted by atomic mass is 16.3. The Balaban J connectivity index is 1.64. The Morgan fingerprint density at radius 1 is 1.23 bits per heavy atom. The van der Waals surface area contributed by atoms with E-state index in [1.165, 1.54) is 0 Å². The van der Waals surface area contributed by atoms with Crippen LogP contribution in [0.2, 0.25) is 0 Å². The van der Waals surface area contributed by atoms with Gasteiger partial charge in [-0.1, -0.05) is 0 Å². The van der Waals surface area contributed by atoms with Crippen LogP contribution in [0, 0.1) is 17.8 Å². The summed E-state index contributed by atoms with van der Waals surface area (Å²) in [6.07, 6.45) is 9.91. The number of rotatable bonds is 1. The van der Waals surface area contributed by atoms with E-state index in [-0.39, 0.29) is 11.6 Å². The quantitative estimate of drug-likeness (QED) is 0.873. The zero-order valence-corrected chi connectivity index (χ0v) is 12.4. The van der Waals surface area contributed by atoms with Crippen LogP contribution in [0.5, 0.6) is 0 Å². The Labute approximate surface area is 128 Å². The summed E-state index contributed by atoms with van der Waals surface area (Å²) in [7, 11) is 0. The van der Waals surface area contributed by atoms with Crippen LogP contribution in [0.1, 0.15) is 38.1 Å². The molecule has 6 rings (SSSR count). The van der Waals surface area contributed by atoms with Gasteiger partial charge >= 0.3 is 0 Å². The lowest BCUT2D eigenvalue weighted by atomic mass is 9.52. The predicted octanol–water partition coefficient (Wildman–Crippen LogP) is 1.90. The first-order chi connectivity index (χ1) is 10.6. The third-order valence-electron chi connectivity index (χ3n) is 6.10. The van der Waals surface area contributed by atoms with Crippen LogP contribution >= 0.6 is 0 Å². The molecule has 5 heteroatoms. The van der Waals surface area contributed by atoms with Crippen LogP contribution in [-0.2, 0) is 0 Å². The Bertz CT molecular complexity index is 799. The van der Waals surface area contributed by atoms with Crippen molar-refractivity contribution in [2.45, 2.75) is 43.7 Å². The molecule has 22 heavy (non-hydrogen) atoms. The van der Waals surface area contributed by atoms with Crippen molar-refractivity contribution in [3.05, 3.63) is 35.1 Å². The van der Waals surface area contributed by atoms with Crippen LogP contribution in [0.3, 0.4) is 0 Å². The molecule has 4 aliphatic carbocycles. The molecule has 2 aromatic rings. The van der Waals surface area contributed by atoms with Gasteiger partial charge in [-0.15, -0.1) is 0 Å². The summed E-state index contributed by atoms with van der Waals surface area (Å²) in [5, 5.41) is 11.3. The zero-order valence-electron chi connectivity index (χ0n) is 12.4. The zero-order chi connectivity index (χ0) is 14.9. The van der Waals surface area contributed by atoms with E-state index in [4.69, 9.17) is 0 Å². The minimum atomic E-state index is -0.467. The lowest BCUT2D eigenvalue weighted by Crippen LogP contribution is -2.56. The first-order valence-electron chi connectivity index (χ1n) is 8.16. The molecule has 2 unspecified atom stereocenters. The number of aliphatic hydroxyl groups is 1. The second-order valence-electron chi connectivity index (χ2n) is 7.53. The number of fused-ring (bicyclic) bond motifs is 1. The third kappa shape index (κ3) is 1.66. The Morgan fingerprint density at radius 3 is 2.73 bits per heavy atom. The summed E-state index contributed by atoms with van der Waals surface area (Å²) in [6, 6.07) is 1.96. The molecule has 4 saturated carbocycles. The molecule has 2 heterocycles. The maximum atomic E-state index is 12.9. The summed E-state index contributed by atoms with van der Waals surface area (Å²) in [6.45, 7) is 0. The molecule has 1 N–H and O–H groups in total. The van der Waals surface area contributed by atoms with Gasteiger partial charge in [-0.3, -0.25) is 14.3 Å². The van der Waals surface area contributed by atoms with Crippen molar-refractivity contribution in [3.8, 4) is 0 Å². The number of pyridine rings is 1. The smallest absolute Gasteiger partial charge is 0.261 e. The van der Waals surface area contributed by atoms with E-state index in [2.05, 4.69) is 9.97 Å². The van der Waals surface area contributed by atoms with E-state index in [0.717, 1.165) is 32.1 Å². The van der Waals surface area contributed by atoms with Gasteiger partial charge in [0.15, 0.2) is 0 Å². The SMILES string of the molecule is O=c1c2ccncc2ncn1C1C2CC3CC1CC(O)(C3)C2. The fraction of sp³-hybridized carbons (Fsp3) is 0.588. The topological polar surface area (TPSA) is 68.0 Å². The lowest BCUT2D eigenvalue weighted by molar-refractivity contribution is -0.147. The average Bonchev–Trinajstić information content (AvgIpc) is 2.47. The van der Waals surface area contributed by atoms with Crippen molar-refractivity contribution in [1.82, 2.24) is 14.5 Å². The maximum Gasteiger partial charge on any atom is 0.261 e. The van der Waals surface area contributed by atoms with Gasteiger partial charge in [0.05, 0.1) is 29.0 Å². The number of hydrogen-bond donors (Lipinski definition) is 1. The van der Waals surface area contributed by atoms with Crippen LogP contribution in [0.25, 0.3) is 10.9 Å². The summed E-state index contributed by atoms with van der Waals surface area (Å²) in [5.41, 5.74) is 0.230. The summed E-state index contributed by atoms with van der Waals surface area (Å²) in [4.78, 5) is 21.3. The molecule has 2 aromatic heterocycles. The molecule has 0 amide bonds. The first-order valence-corrected chi connectivity index (χ1v) is 8.16. The van der Waals surface area contributed by atoms with Gasteiger partial charge in [-0.05, 0) is 55.9 Å². The van der Waals surface area contributed by atoms with Gasteiger partial charge in [0.25, 0.3) is 5.56 Å². The van der Waals surface area contributed by atoms with Crippen molar-refractivity contribution >= 4 is 10.9 Å². The Morgan fingerprint density at radius 2 is 2.00 bits per heavy atom. The van der Waals surface area contributed by atoms with E-state index < -0.39 is 5.60 Å². The Kier molecular flexibility index (Phi) is 2.41. The van der Waals surface area contributed by atoms with Gasteiger partial charge in [-0.25, -0.2) is 4.98 Å². The molecule has 114 valence electrons. The molecule has 5 nitrogen and oxygen atoms in total. The summed E-state index contributed by atoms with van der Waals surface area (Å²) < 4.78 is 1.85. The fourth-order valence-corrected chi connectivity index (χ4v) is 5.61. The van der Waals surface area contributed by atoms with E-state index in [1.807, 2.05) is 4.57 Å². The van der Waals surface area contributed by atoms with Crippen LogP contribution in [-0.4, -0.2) is 25.2 Å². The summed E-state index contributed by atoms with van der Waals surface area (Å²) in [5.74, 6) is 1.47. The van der Waals surface area contributed by atoms with Gasteiger partial charge in [-0.2, -0.15) is 0 Å². The van der Waals surface area contributed by atoms with E-state index in [1.54, 1.807) is 24.8 Å². The highest BCUT2D eigenvalue weighted by molar-refractivity contribution is 5.75. The highest BCUT2D eigenvalue weighted by Crippen LogP contribution is 2.59. The molecular weight excluding hydrogens is 278 g/mol. The standard InChI is InChI=1S/C17H19N3O2/c21-16-13-1-2-18-8-14(13)19-9-20(16)15-11-3-10-4-12(15)7-17(22,5-10)6-11/h1-2,8-12,15,22H,3-7H2. The minimum Gasteiger partial charge on any atom is -0.390 e. The number of nitrogens with zero attached hydrogens (tertiary/aromatic N) is 3. The van der Waals surface area contributed by atoms with Crippen LogP contribution in [0.15, 0.2) is 29.6 Å². The van der Waals surface area contributed by atoms with Crippen molar-refractivity contribution in [2.24, 2.45) is 17.8 Å². The van der Waals surface area contributed by atoms with Gasteiger partial charge < -0.3 is 5.11 Å². The summed E-state index contributed by atoms with van der Waals surface area (Å²) >= 11 is 0. The van der Waals surface area contributed by atoms with Crippen molar-refractivity contribution in [2.75, 3.05) is 0 Å². The molecule has 4 fully saturated rings. The van der Waals surface area contributed by atoms with E-state index >= 15 is 0 Å². The van der Waals surface area contributed by atoms with Crippen molar-refractivity contribution in [1.29, 1.82) is 0 Å². The molecule has 4 bridgehead atoms. The van der Waals surface area contributed by atoms with E-state index in [0.29, 0.717) is 28.7 Å². The largest absolute Gasteiger partial charge is 0.390 e. The lowest BCUT2D eigenvalue weighted by Gasteiger charge is -2.58. The molecule has 0 aliphatic heterocycles. The minimum absolute atomic E-state index is 0.0388. The molecule has 0 aromatic carbocycles. The molecule has 0 radical (unpaired) electrons. The molecular formula is C17H19N3O2. The van der Waals surface area contributed by atoms with Crippen molar-refractivity contribution in [3.63, 3.8) is 0 Å². The highest BCUT2D eigenvalue weighted by Gasteiger charge is 2.55. The number of aromatic nitrogens is 3. The second kappa shape index (κ2) is 4.16. The Hall–Kier alpha value is -1.75. The van der Waals surface area contributed by atoms with Gasteiger partial charge in [0.2, 0.25) is 0 Å². The predicted molar refractivity (Wildman–Crippen MR) is 81.3 cm³/mol. The third-order valence-corrected chi connectivity index (χ3v) is 6.10. The molecule has 4 aliphatic rings. The van der Waals surface area contributed by atoms with Gasteiger partial charge in [0.1, 0.15) is 0 Å². The van der Waals surface area contributed by atoms with E-state index in [9.17, 15) is 9.90 Å². The average molecular weight is 297 g/mol. The monoisotopic (exact) mass is 297 g/mol. The number of hydrogen-bond acceptors (Lipinski definition) is 4. The van der Waals surface area contributed by atoms with Crippen LogP contribution in [0.4, 0.5) is 0 Å². The maximum absolute atomic E-state index is 12.9. The molecule has 0 spiro atoms. The van der Waals surface area contributed by atoms with Gasteiger partial charge in [0, 0.05) is 12.2 Å². The normalized spacial score (nSPS) is 39.5. The fourth-order valence-electron chi connectivity index (χ4n) is 5.61. The van der Waals surface area contributed by atoms with Crippen molar-refractivity contribution < 1.29 is 5.11 Å². The van der Waals surface area contributed by atoms with Crippen LogP contribution < -0.4 is 5.56 Å².